The Labute approximate surface area is 133 Å². The van der Waals surface area contributed by atoms with Crippen LogP contribution in [0.4, 0.5) is 23.3 Å². The van der Waals surface area contributed by atoms with Crippen LogP contribution in [0.25, 0.3) is 0 Å². The average molecular weight is 311 g/mol. The van der Waals surface area contributed by atoms with Crippen molar-refractivity contribution in [3.63, 3.8) is 0 Å². The minimum absolute atomic E-state index is 0.439. The number of hydrogen-bond acceptors (Lipinski definition) is 7. The van der Waals surface area contributed by atoms with Crippen LogP contribution in [0.2, 0.25) is 0 Å². The molecular weight excluding hydrogens is 294 g/mol. The molecule has 118 valence electrons. The molecule has 2 aromatic heterocycles. The normalized spacial score (nSPS) is 10.3. The molecule has 0 fully saturated rings. The molecule has 0 aliphatic carbocycles. The molecule has 23 heavy (non-hydrogen) atoms. The third kappa shape index (κ3) is 3.97. The van der Waals surface area contributed by atoms with Gasteiger partial charge in [0.15, 0.2) is 5.82 Å². The summed E-state index contributed by atoms with van der Waals surface area (Å²) in [7, 11) is 0. The molecule has 0 spiro atoms. The minimum Gasteiger partial charge on any atom is -0.494 e. The molecule has 3 aromatic rings. The number of benzene rings is 1. The first-order valence-corrected chi connectivity index (χ1v) is 7.26. The van der Waals surface area contributed by atoms with Crippen molar-refractivity contribution in [2.45, 2.75) is 13.8 Å². The number of ether oxygens (including phenoxy) is 1. The molecule has 0 aliphatic rings. The Morgan fingerprint density at radius 1 is 1.09 bits per heavy atom. The van der Waals surface area contributed by atoms with Crippen molar-refractivity contribution in [2.75, 3.05) is 17.2 Å². The van der Waals surface area contributed by atoms with Gasteiger partial charge in [-0.1, -0.05) is 5.16 Å². The number of hydrogen-bond donors (Lipinski definition) is 2. The van der Waals surface area contributed by atoms with Gasteiger partial charge in [-0.3, -0.25) is 0 Å². The first-order valence-electron chi connectivity index (χ1n) is 7.26. The molecule has 0 unspecified atom stereocenters. The van der Waals surface area contributed by atoms with Crippen molar-refractivity contribution < 1.29 is 9.26 Å². The predicted molar refractivity (Wildman–Crippen MR) is 87.4 cm³/mol. The molecule has 0 atom stereocenters. The highest BCUT2D eigenvalue weighted by atomic mass is 16.5. The molecule has 0 bridgehead atoms. The Bertz CT molecular complexity index is 770. The summed E-state index contributed by atoms with van der Waals surface area (Å²) >= 11 is 0. The number of rotatable bonds is 6. The van der Waals surface area contributed by atoms with Crippen LogP contribution in [0.5, 0.6) is 5.75 Å². The lowest BCUT2D eigenvalue weighted by Gasteiger charge is -2.08. The predicted octanol–water partition coefficient (Wildman–Crippen LogP) is 3.66. The summed E-state index contributed by atoms with van der Waals surface area (Å²) in [5, 5.41) is 10.1. The fraction of sp³-hybridized carbons (Fsp3) is 0.188. The number of anilines is 4. The Morgan fingerprint density at radius 3 is 2.61 bits per heavy atom. The molecule has 0 amide bonds. The fourth-order valence-electron chi connectivity index (χ4n) is 1.98. The molecule has 0 saturated carbocycles. The van der Waals surface area contributed by atoms with Gasteiger partial charge < -0.3 is 19.9 Å². The van der Waals surface area contributed by atoms with E-state index in [1.807, 2.05) is 38.1 Å². The second-order valence-corrected chi connectivity index (χ2v) is 4.80. The quantitative estimate of drug-likeness (QED) is 0.718. The van der Waals surface area contributed by atoms with Crippen molar-refractivity contribution >= 4 is 23.3 Å². The topological polar surface area (TPSA) is 85.1 Å². The van der Waals surface area contributed by atoms with Crippen molar-refractivity contribution in [3.8, 4) is 5.75 Å². The van der Waals surface area contributed by atoms with E-state index in [0.717, 1.165) is 17.2 Å². The van der Waals surface area contributed by atoms with E-state index in [9.17, 15) is 0 Å². The lowest BCUT2D eigenvalue weighted by Crippen LogP contribution is -2.00. The Morgan fingerprint density at radius 2 is 1.91 bits per heavy atom. The highest BCUT2D eigenvalue weighted by molar-refractivity contribution is 5.59. The van der Waals surface area contributed by atoms with Crippen LogP contribution >= 0.6 is 0 Å². The van der Waals surface area contributed by atoms with E-state index in [-0.39, 0.29) is 0 Å². The second-order valence-electron chi connectivity index (χ2n) is 4.80. The maximum atomic E-state index is 5.42. The number of aromatic nitrogens is 3. The van der Waals surface area contributed by atoms with Crippen LogP contribution in [0.3, 0.4) is 0 Å². The smallest absolute Gasteiger partial charge is 0.230 e. The fourth-order valence-corrected chi connectivity index (χ4v) is 1.98. The summed E-state index contributed by atoms with van der Waals surface area (Å²) in [5.41, 5.74) is 0.912. The van der Waals surface area contributed by atoms with Gasteiger partial charge in [0.05, 0.1) is 6.61 Å². The molecule has 0 aliphatic heterocycles. The van der Waals surface area contributed by atoms with Gasteiger partial charge in [-0.25, -0.2) is 4.98 Å². The Balaban J connectivity index is 1.69. The first kappa shape index (κ1) is 14.8. The summed E-state index contributed by atoms with van der Waals surface area (Å²) in [6.45, 7) is 4.43. The van der Waals surface area contributed by atoms with Crippen LogP contribution in [0.1, 0.15) is 12.7 Å². The van der Waals surface area contributed by atoms with Gasteiger partial charge in [-0.05, 0) is 44.2 Å². The van der Waals surface area contributed by atoms with Gasteiger partial charge in [0.1, 0.15) is 17.3 Å². The SMILES string of the molecule is CCOc1ccc(Nc2ccnc(Nc3cc(C)on3)n2)cc1. The van der Waals surface area contributed by atoms with Crippen LogP contribution in [-0.2, 0) is 0 Å². The minimum atomic E-state index is 0.439. The highest BCUT2D eigenvalue weighted by Gasteiger charge is 2.04. The van der Waals surface area contributed by atoms with E-state index < -0.39 is 0 Å². The van der Waals surface area contributed by atoms with Crippen molar-refractivity contribution in [3.05, 3.63) is 48.4 Å². The maximum absolute atomic E-state index is 5.42. The Kier molecular flexibility index (Phi) is 4.37. The lowest BCUT2D eigenvalue weighted by molar-refractivity contribution is 0.340. The van der Waals surface area contributed by atoms with E-state index in [2.05, 4.69) is 25.8 Å². The van der Waals surface area contributed by atoms with Crippen LogP contribution < -0.4 is 15.4 Å². The summed E-state index contributed by atoms with van der Waals surface area (Å²) in [4.78, 5) is 8.55. The summed E-state index contributed by atoms with van der Waals surface area (Å²) < 4.78 is 10.4. The molecule has 2 N–H and O–H groups in total. The van der Waals surface area contributed by atoms with Crippen LogP contribution in [-0.4, -0.2) is 21.7 Å². The third-order valence-electron chi connectivity index (χ3n) is 2.96. The largest absolute Gasteiger partial charge is 0.494 e. The monoisotopic (exact) mass is 311 g/mol. The Hall–Kier alpha value is -3.09. The second kappa shape index (κ2) is 6.78. The van der Waals surface area contributed by atoms with Gasteiger partial charge >= 0.3 is 0 Å². The third-order valence-corrected chi connectivity index (χ3v) is 2.96. The molecule has 7 nitrogen and oxygen atoms in total. The van der Waals surface area contributed by atoms with Crippen molar-refractivity contribution in [2.24, 2.45) is 0 Å². The van der Waals surface area contributed by atoms with E-state index in [0.29, 0.717) is 24.2 Å². The van der Waals surface area contributed by atoms with E-state index in [4.69, 9.17) is 9.26 Å². The zero-order chi connectivity index (χ0) is 16.1. The van der Waals surface area contributed by atoms with Crippen LogP contribution in [0, 0.1) is 6.92 Å². The number of nitrogens with zero attached hydrogens (tertiary/aromatic N) is 3. The molecule has 0 radical (unpaired) electrons. The highest BCUT2D eigenvalue weighted by Crippen LogP contribution is 2.20. The molecular formula is C16H17N5O2. The van der Waals surface area contributed by atoms with Gasteiger partial charge in [0.2, 0.25) is 5.95 Å². The van der Waals surface area contributed by atoms with Crippen LogP contribution in [0.15, 0.2) is 47.1 Å². The number of nitrogens with one attached hydrogen (secondary N) is 2. The van der Waals surface area contributed by atoms with E-state index in [1.54, 1.807) is 18.3 Å². The lowest BCUT2D eigenvalue weighted by atomic mass is 10.3. The van der Waals surface area contributed by atoms with E-state index in [1.165, 1.54) is 0 Å². The van der Waals surface area contributed by atoms with Crippen molar-refractivity contribution in [1.82, 2.24) is 15.1 Å². The molecule has 7 heteroatoms. The zero-order valence-electron chi connectivity index (χ0n) is 12.9. The van der Waals surface area contributed by atoms with E-state index >= 15 is 0 Å². The van der Waals surface area contributed by atoms with Gasteiger partial charge in [0, 0.05) is 18.0 Å². The zero-order valence-corrected chi connectivity index (χ0v) is 12.9. The molecule has 2 heterocycles. The molecule has 3 rings (SSSR count). The summed E-state index contributed by atoms with van der Waals surface area (Å²) in [5.74, 6) is 3.24. The standard InChI is InChI=1S/C16H17N5O2/c1-3-22-13-6-4-12(5-7-13)18-14-8-9-17-16(19-14)20-15-10-11(2)23-21-15/h4-10H,3H2,1-2H3,(H2,17,18,19,20,21). The number of aryl methyl sites for hydroxylation is 1. The summed E-state index contributed by atoms with van der Waals surface area (Å²) in [6, 6.07) is 11.2. The molecule has 1 aromatic carbocycles. The first-order chi connectivity index (χ1) is 11.2. The maximum Gasteiger partial charge on any atom is 0.230 e. The van der Waals surface area contributed by atoms with Gasteiger partial charge in [-0.15, -0.1) is 0 Å². The van der Waals surface area contributed by atoms with Gasteiger partial charge in [0.25, 0.3) is 0 Å². The van der Waals surface area contributed by atoms with Crippen molar-refractivity contribution in [1.29, 1.82) is 0 Å². The molecule has 0 saturated heterocycles. The van der Waals surface area contributed by atoms with Gasteiger partial charge in [-0.2, -0.15) is 4.98 Å². The average Bonchev–Trinajstić information content (AvgIpc) is 2.95. The summed E-state index contributed by atoms with van der Waals surface area (Å²) in [6.07, 6.45) is 1.67.